The maximum Gasteiger partial charge on any atom is 0.0159 e. The Morgan fingerprint density at radius 3 is 2.12 bits per heavy atom. The predicted octanol–water partition coefficient (Wildman–Crippen LogP) is 6.61. The molecule has 4 rings (SSSR count). The zero-order valence-electron chi connectivity index (χ0n) is 14.8. The van der Waals surface area contributed by atoms with Crippen molar-refractivity contribution >= 4 is 0 Å². The van der Waals surface area contributed by atoms with E-state index in [-0.39, 0.29) is 5.41 Å². The summed E-state index contributed by atoms with van der Waals surface area (Å²) in [7, 11) is 0. The molecule has 0 aliphatic heterocycles. The quantitative estimate of drug-likeness (QED) is 0.510. The van der Waals surface area contributed by atoms with Gasteiger partial charge in [-0.05, 0) is 51.4 Å². The smallest absolute Gasteiger partial charge is 0.0159 e. The van der Waals surface area contributed by atoms with Crippen LogP contribution >= 0.6 is 0 Å². The van der Waals surface area contributed by atoms with Gasteiger partial charge in [-0.3, -0.25) is 0 Å². The predicted molar refractivity (Wildman–Crippen MR) is 103 cm³/mol. The fraction of sp³-hybridized carbons (Fsp3) is 0.250. The molecule has 0 saturated carbocycles. The molecule has 0 fully saturated rings. The average Bonchev–Trinajstić information content (AvgIpc) is 2.84. The van der Waals surface area contributed by atoms with E-state index in [0.717, 1.165) is 6.42 Å². The molecule has 120 valence electrons. The third-order valence-corrected chi connectivity index (χ3v) is 5.41. The molecule has 0 radical (unpaired) electrons. The lowest BCUT2D eigenvalue weighted by molar-refractivity contribution is 0.660. The van der Waals surface area contributed by atoms with Crippen molar-refractivity contribution in [3.05, 3.63) is 83.4 Å². The van der Waals surface area contributed by atoms with E-state index in [1.165, 1.54) is 45.4 Å². The van der Waals surface area contributed by atoms with Crippen LogP contribution < -0.4 is 0 Å². The summed E-state index contributed by atoms with van der Waals surface area (Å²) in [5.74, 6) is 0. The first-order chi connectivity index (χ1) is 11.6. The van der Waals surface area contributed by atoms with Crippen LogP contribution in [0.15, 0.2) is 66.7 Å². The van der Waals surface area contributed by atoms with Gasteiger partial charge < -0.3 is 0 Å². The molecule has 0 spiro atoms. The highest BCUT2D eigenvalue weighted by Crippen LogP contribution is 2.49. The second kappa shape index (κ2) is 5.63. The Labute approximate surface area is 145 Å². The lowest BCUT2D eigenvalue weighted by Gasteiger charge is -2.22. The third kappa shape index (κ3) is 2.29. The van der Waals surface area contributed by atoms with E-state index < -0.39 is 0 Å². The Kier molecular flexibility index (Phi) is 3.57. The molecule has 0 bridgehead atoms. The van der Waals surface area contributed by atoms with E-state index in [1.807, 2.05) is 0 Å². The third-order valence-electron chi connectivity index (χ3n) is 5.41. The van der Waals surface area contributed by atoms with Crippen molar-refractivity contribution in [1.29, 1.82) is 0 Å². The van der Waals surface area contributed by atoms with Crippen LogP contribution in [0.2, 0.25) is 0 Å². The van der Waals surface area contributed by atoms with E-state index >= 15 is 0 Å². The van der Waals surface area contributed by atoms with E-state index in [2.05, 4.69) is 87.5 Å². The van der Waals surface area contributed by atoms with Gasteiger partial charge in [0.2, 0.25) is 0 Å². The van der Waals surface area contributed by atoms with Crippen LogP contribution in [0.25, 0.3) is 22.3 Å². The summed E-state index contributed by atoms with van der Waals surface area (Å²) in [4.78, 5) is 0. The van der Waals surface area contributed by atoms with Crippen molar-refractivity contribution in [2.45, 2.75) is 39.0 Å². The normalized spacial score (nSPS) is 14.3. The van der Waals surface area contributed by atoms with Crippen LogP contribution in [-0.2, 0) is 11.8 Å². The summed E-state index contributed by atoms with van der Waals surface area (Å²) < 4.78 is 0. The number of rotatable bonds is 3. The maximum atomic E-state index is 2.39. The van der Waals surface area contributed by atoms with Gasteiger partial charge in [-0.15, -0.1) is 0 Å². The SMILES string of the molecule is CCCc1ccc(-c2ccc3c(c2)C(C)(C)c2ccccc2-3)cc1. The first kappa shape index (κ1) is 15.2. The Balaban J connectivity index is 1.79. The van der Waals surface area contributed by atoms with E-state index in [9.17, 15) is 0 Å². The highest BCUT2D eigenvalue weighted by molar-refractivity contribution is 5.83. The minimum Gasteiger partial charge on any atom is -0.0651 e. The van der Waals surface area contributed by atoms with Gasteiger partial charge in [0.05, 0.1) is 0 Å². The van der Waals surface area contributed by atoms with Gasteiger partial charge in [-0.25, -0.2) is 0 Å². The summed E-state index contributed by atoms with van der Waals surface area (Å²) >= 11 is 0. The van der Waals surface area contributed by atoms with Crippen molar-refractivity contribution in [1.82, 2.24) is 0 Å². The lowest BCUT2D eigenvalue weighted by Crippen LogP contribution is -2.14. The topological polar surface area (TPSA) is 0 Å². The molecule has 0 saturated heterocycles. The molecule has 3 aromatic carbocycles. The van der Waals surface area contributed by atoms with Crippen molar-refractivity contribution < 1.29 is 0 Å². The van der Waals surface area contributed by atoms with Crippen LogP contribution in [0, 0.1) is 0 Å². The Bertz CT molecular complexity index is 882. The number of aryl methyl sites for hydroxylation is 1. The van der Waals surface area contributed by atoms with E-state index in [1.54, 1.807) is 0 Å². The summed E-state index contributed by atoms with van der Waals surface area (Å²) in [5.41, 5.74) is 9.79. The molecule has 1 aliphatic rings. The summed E-state index contributed by atoms with van der Waals surface area (Å²) in [6, 6.07) is 24.9. The molecule has 0 aromatic heterocycles. The average molecular weight is 312 g/mol. The first-order valence-electron chi connectivity index (χ1n) is 8.95. The second-order valence-corrected chi connectivity index (χ2v) is 7.38. The van der Waals surface area contributed by atoms with Gasteiger partial charge in [0, 0.05) is 5.41 Å². The molecule has 0 amide bonds. The molecule has 3 aromatic rings. The fourth-order valence-corrected chi connectivity index (χ4v) is 4.04. The molecular formula is C24H24. The largest absolute Gasteiger partial charge is 0.0651 e. The monoisotopic (exact) mass is 312 g/mol. The maximum absolute atomic E-state index is 2.39. The van der Waals surface area contributed by atoms with Crippen molar-refractivity contribution in [3.8, 4) is 22.3 Å². The van der Waals surface area contributed by atoms with Crippen LogP contribution in [0.1, 0.15) is 43.9 Å². The Morgan fingerprint density at radius 2 is 1.38 bits per heavy atom. The highest BCUT2D eigenvalue weighted by atomic mass is 14.4. The highest BCUT2D eigenvalue weighted by Gasteiger charge is 2.35. The minimum absolute atomic E-state index is 0.0735. The number of hydrogen-bond acceptors (Lipinski definition) is 0. The van der Waals surface area contributed by atoms with Gasteiger partial charge in [0.15, 0.2) is 0 Å². The molecule has 0 heterocycles. The zero-order chi connectivity index (χ0) is 16.7. The molecule has 0 heteroatoms. The number of hydrogen-bond donors (Lipinski definition) is 0. The molecular weight excluding hydrogens is 288 g/mol. The minimum atomic E-state index is 0.0735. The summed E-state index contributed by atoms with van der Waals surface area (Å²) in [5, 5.41) is 0. The van der Waals surface area contributed by atoms with Crippen molar-refractivity contribution in [3.63, 3.8) is 0 Å². The Morgan fingerprint density at radius 1 is 0.708 bits per heavy atom. The van der Waals surface area contributed by atoms with Gasteiger partial charge in [0.25, 0.3) is 0 Å². The van der Waals surface area contributed by atoms with Gasteiger partial charge in [0.1, 0.15) is 0 Å². The molecule has 0 unspecified atom stereocenters. The van der Waals surface area contributed by atoms with Gasteiger partial charge in [-0.2, -0.15) is 0 Å². The summed E-state index contributed by atoms with van der Waals surface area (Å²) in [6.45, 7) is 6.91. The molecule has 0 nitrogen and oxygen atoms in total. The molecule has 0 atom stereocenters. The first-order valence-corrected chi connectivity index (χ1v) is 8.95. The zero-order valence-corrected chi connectivity index (χ0v) is 14.8. The van der Waals surface area contributed by atoms with Crippen LogP contribution in [0.4, 0.5) is 0 Å². The molecule has 1 aliphatic carbocycles. The van der Waals surface area contributed by atoms with Crippen LogP contribution in [-0.4, -0.2) is 0 Å². The lowest BCUT2D eigenvalue weighted by atomic mass is 9.81. The molecule has 24 heavy (non-hydrogen) atoms. The number of fused-ring (bicyclic) bond motifs is 3. The fourth-order valence-electron chi connectivity index (χ4n) is 4.04. The number of benzene rings is 3. The van der Waals surface area contributed by atoms with Crippen molar-refractivity contribution in [2.24, 2.45) is 0 Å². The summed E-state index contributed by atoms with van der Waals surface area (Å²) in [6.07, 6.45) is 2.36. The van der Waals surface area contributed by atoms with Gasteiger partial charge >= 0.3 is 0 Å². The van der Waals surface area contributed by atoms with Crippen molar-refractivity contribution in [2.75, 3.05) is 0 Å². The van der Waals surface area contributed by atoms with Gasteiger partial charge in [-0.1, -0.05) is 87.9 Å². The van der Waals surface area contributed by atoms with E-state index in [4.69, 9.17) is 0 Å². The Hall–Kier alpha value is -2.34. The van der Waals surface area contributed by atoms with Crippen LogP contribution in [0.5, 0.6) is 0 Å². The second-order valence-electron chi connectivity index (χ2n) is 7.38. The van der Waals surface area contributed by atoms with E-state index in [0.29, 0.717) is 0 Å². The molecule has 0 N–H and O–H groups in total. The van der Waals surface area contributed by atoms with Crippen LogP contribution in [0.3, 0.4) is 0 Å². The standard InChI is InChI=1S/C24H24/c1-4-7-17-10-12-18(13-11-17)19-14-15-21-20-8-5-6-9-22(20)24(2,3)23(21)16-19/h5-6,8-16H,4,7H2,1-3H3.